The van der Waals surface area contributed by atoms with E-state index in [1.807, 2.05) is 54.6 Å². The van der Waals surface area contributed by atoms with Crippen molar-refractivity contribution in [2.24, 2.45) is 0 Å². The molecule has 6 nitrogen and oxygen atoms in total. The lowest BCUT2D eigenvalue weighted by Gasteiger charge is -2.38. The van der Waals surface area contributed by atoms with E-state index in [2.05, 4.69) is 20.2 Å². The third kappa shape index (κ3) is 4.24. The first-order valence-corrected chi connectivity index (χ1v) is 9.83. The Kier molecular flexibility index (Phi) is 5.41. The normalized spacial score (nSPS) is 16.9. The van der Waals surface area contributed by atoms with Crippen LogP contribution in [-0.2, 0) is 16.8 Å². The van der Waals surface area contributed by atoms with Gasteiger partial charge in [0.15, 0.2) is 0 Å². The summed E-state index contributed by atoms with van der Waals surface area (Å²) in [5.74, 6) is 0.897. The SMILES string of the molecule is O=C(CN1CCC(O)(c2ccccc2)CC1)NCCc1nc2ccccc2[nH]1. The molecule has 0 atom stereocenters. The third-order valence-corrected chi connectivity index (χ3v) is 5.48. The molecule has 0 spiro atoms. The van der Waals surface area contributed by atoms with E-state index in [9.17, 15) is 9.90 Å². The van der Waals surface area contributed by atoms with Crippen molar-refractivity contribution in [3.05, 3.63) is 66.0 Å². The van der Waals surface area contributed by atoms with E-state index in [0.29, 0.717) is 45.4 Å². The highest BCUT2D eigenvalue weighted by Crippen LogP contribution is 2.32. The number of benzene rings is 2. The molecule has 0 bridgehead atoms. The number of para-hydroxylation sites is 2. The van der Waals surface area contributed by atoms with Gasteiger partial charge in [-0.25, -0.2) is 4.98 Å². The van der Waals surface area contributed by atoms with E-state index in [0.717, 1.165) is 22.4 Å². The van der Waals surface area contributed by atoms with Crippen LogP contribution in [-0.4, -0.2) is 52.1 Å². The Bertz CT molecular complexity index is 897. The second-order valence-corrected chi connectivity index (χ2v) is 7.47. The number of piperidine rings is 1. The summed E-state index contributed by atoms with van der Waals surface area (Å²) in [6.45, 7) is 2.34. The number of likely N-dealkylation sites (tertiary alicyclic amines) is 1. The lowest BCUT2D eigenvalue weighted by Crippen LogP contribution is -2.46. The number of nitrogens with zero attached hydrogens (tertiary/aromatic N) is 2. The van der Waals surface area contributed by atoms with Gasteiger partial charge in [-0.2, -0.15) is 0 Å². The topological polar surface area (TPSA) is 81.2 Å². The molecule has 2 heterocycles. The molecule has 0 radical (unpaired) electrons. The van der Waals surface area contributed by atoms with Crippen LogP contribution in [0.3, 0.4) is 0 Å². The number of carbonyl (C=O) groups is 1. The van der Waals surface area contributed by atoms with Gasteiger partial charge in [0.05, 0.1) is 23.2 Å². The molecular formula is C22H26N4O2. The van der Waals surface area contributed by atoms with Gasteiger partial charge in [-0.15, -0.1) is 0 Å². The molecule has 3 aromatic rings. The van der Waals surface area contributed by atoms with Gasteiger partial charge in [-0.3, -0.25) is 9.69 Å². The summed E-state index contributed by atoms with van der Waals surface area (Å²) in [4.78, 5) is 22.2. The predicted molar refractivity (Wildman–Crippen MR) is 109 cm³/mol. The summed E-state index contributed by atoms with van der Waals surface area (Å²) >= 11 is 0. The minimum absolute atomic E-state index is 0.0151. The highest BCUT2D eigenvalue weighted by atomic mass is 16.3. The third-order valence-electron chi connectivity index (χ3n) is 5.48. The van der Waals surface area contributed by atoms with Crippen molar-refractivity contribution >= 4 is 16.9 Å². The van der Waals surface area contributed by atoms with E-state index in [-0.39, 0.29) is 5.91 Å². The fourth-order valence-corrected chi connectivity index (χ4v) is 3.82. The molecule has 3 N–H and O–H groups in total. The zero-order valence-corrected chi connectivity index (χ0v) is 15.9. The minimum atomic E-state index is -0.782. The van der Waals surface area contributed by atoms with Gasteiger partial charge in [0, 0.05) is 26.1 Å². The fraction of sp³-hybridized carbons (Fsp3) is 0.364. The fourth-order valence-electron chi connectivity index (χ4n) is 3.82. The molecule has 1 saturated heterocycles. The zero-order valence-electron chi connectivity index (χ0n) is 15.9. The Hall–Kier alpha value is -2.70. The van der Waals surface area contributed by atoms with E-state index in [1.165, 1.54) is 0 Å². The Balaban J connectivity index is 1.21. The van der Waals surface area contributed by atoms with Crippen molar-refractivity contribution < 1.29 is 9.90 Å². The molecule has 0 unspecified atom stereocenters. The van der Waals surface area contributed by atoms with Crippen molar-refractivity contribution in [1.82, 2.24) is 20.2 Å². The molecule has 1 fully saturated rings. The van der Waals surface area contributed by atoms with Gasteiger partial charge in [0.2, 0.25) is 5.91 Å². The van der Waals surface area contributed by atoms with Crippen LogP contribution in [0, 0.1) is 0 Å². The standard InChI is InChI=1S/C22H26N4O2/c27-21(23-13-10-20-24-18-8-4-5-9-19(18)25-20)16-26-14-11-22(28,12-15-26)17-6-2-1-3-7-17/h1-9,28H,10-16H2,(H,23,27)(H,24,25). The number of rotatable bonds is 6. The largest absolute Gasteiger partial charge is 0.385 e. The van der Waals surface area contributed by atoms with E-state index in [1.54, 1.807) is 0 Å². The van der Waals surface area contributed by atoms with E-state index < -0.39 is 5.60 Å². The Morgan fingerprint density at radius 1 is 1.11 bits per heavy atom. The predicted octanol–water partition coefficient (Wildman–Crippen LogP) is 2.21. The van der Waals surface area contributed by atoms with Crippen LogP contribution in [0.4, 0.5) is 0 Å². The molecule has 0 saturated carbocycles. The molecule has 1 aliphatic rings. The Labute approximate surface area is 164 Å². The van der Waals surface area contributed by atoms with Crippen molar-refractivity contribution in [2.75, 3.05) is 26.2 Å². The number of aliphatic hydroxyl groups is 1. The number of carbonyl (C=O) groups excluding carboxylic acids is 1. The number of fused-ring (bicyclic) bond motifs is 1. The molecule has 1 aliphatic heterocycles. The number of aromatic amines is 1. The summed E-state index contributed by atoms with van der Waals surface area (Å²) < 4.78 is 0. The van der Waals surface area contributed by atoms with Crippen molar-refractivity contribution in [2.45, 2.75) is 24.9 Å². The van der Waals surface area contributed by atoms with Crippen LogP contribution >= 0.6 is 0 Å². The smallest absolute Gasteiger partial charge is 0.234 e. The van der Waals surface area contributed by atoms with Crippen LogP contribution in [0.2, 0.25) is 0 Å². The van der Waals surface area contributed by atoms with Crippen LogP contribution in [0.25, 0.3) is 11.0 Å². The molecule has 6 heteroatoms. The monoisotopic (exact) mass is 378 g/mol. The lowest BCUT2D eigenvalue weighted by molar-refractivity contribution is -0.123. The Morgan fingerprint density at radius 3 is 2.57 bits per heavy atom. The number of hydrogen-bond acceptors (Lipinski definition) is 4. The van der Waals surface area contributed by atoms with Crippen molar-refractivity contribution in [3.8, 4) is 0 Å². The van der Waals surface area contributed by atoms with E-state index in [4.69, 9.17) is 0 Å². The lowest BCUT2D eigenvalue weighted by atomic mass is 9.84. The zero-order chi connectivity index (χ0) is 19.4. The number of amides is 1. The number of aromatic nitrogens is 2. The average Bonchev–Trinajstić information content (AvgIpc) is 3.13. The van der Waals surface area contributed by atoms with Crippen LogP contribution in [0.15, 0.2) is 54.6 Å². The number of hydrogen-bond donors (Lipinski definition) is 3. The maximum Gasteiger partial charge on any atom is 0.234 e. The van der Waals surface area contributed by atoms with Crippen molar-refractivity contribution in [1.29, 1.82) is 0 Å². The highest BCUT2D eigenvalue weighted by Gasteiger charge is 2.34. The van der Waals surface area contributed by atoms with Gasteiger partial charge in [-0.05, 0) is 30.5 Å². The highest BCUT2D eigenvalue weighted by molar-refractivity contribution is 5.78. The maximum absolute atomic E-state index is 12.3. The van der Waals surface area contributed by atoms with Crippen LogP contribution < -0.4 is 5.32 Å². The molecule has 2 aromatic carbocycles. The van der Waals surface area contributed by atoms with Crippen molar-refractivity contribution in [3.63, 3.8) is 0 Å². The first-order valence-electron chi connectivity index (χ1n) is 9.83. The van der Waals surface area contributed by atoms with Gasteiger partial charge in [0.25, 0.3) is 0 Å². The average molecular weight is 378 g/mol. The molecule has 1 amide bonds. The summed E-state index contributed by atoms with van der Waals surface area (Å²) in [7, 11) is 0. The molecular weight excluding hydrogens is 352 g/mol. The van der Waals surface area contributed by atoms with Gasteiger partial charge in [0.1, 0.15) is 5.82 Å². The maximum atomic E-state index is 12.3. The summed E-state index contributed by atoms with van der Waals surface area (Å²) in [5.41, 5.74) is 2.14. The molecule has 28 heavy (non-hydrogen) atoms. The van der Waals surface area contributed by atoms with Gasteiger partial charge < -0.3 is 15.4 Å². The summed E-state index contributed by atoms with van der Waals surface area (Å²) in [5, 5.41) is 13.9. The van der Waals surface area contributed by atoms with Gasteiger partial charge >= 0.3 is 0 Å². The minimum Gasteiger partial charge on any atom is -0.385 e. The second kappa shape index (κ2) is 8.12. The molecule has 0 aliphatic carbocycles. The number of nitrogens with one attached hydrogen (secondary N) is 2. The number of imidazole rings is 1. The van der Waals surface area contributed by atoms with Crippen LogP contribution in [0.5, 0.6) is 0 Å². The van der Waals surface area contributed by atoms with E-state index >= 15 is 0 Å². The summed E-state index contributed by atoms with van der Waals surface area (Å²) in [6, 6.07) is 17.7. The first-order chi connectivity index (χ1) is 13.6. The van der Waals surface area contributed by atoms with Crippen LogP contribution in [0.1, 0.15) is 24.2 Å². The quantitative estimate of drug-likeness (QED) is 0.614. The molecule has 1 aromatic heterocycles. The second-order valence-electron chi connectivity index (χ2n) is 7.47. The van der Waals surface area contributed by atoms with Gasteiger partial charge in [-0.1, -0.05) is 42.5 Å². The molecule has 146 valence electrons. The molecule has 4 rings (SSSR count). The summed E-state index contributed by atoms with van der Waals surface area (Å²) in [6.07, 6.45) is 1.96. The first kappa shape index (κ1) is 18.7. The Morgan fingerprint density at radius 2 is 1.82 bits per heavy atom. The number of H-pyrrole nitrogens is 1.